The van der Waals surface area contributed by atoms with Gasteiger partial charge in [-0.3, -0.25) is 0 Å². The van der Waals surface area contributed by atoms with Crippen LogP contribution in [0, 0.1) is 0 Å². The smallest absolute Gasteiger partial charge is 0.328 e. The highest BCUT2D eigenvalue weighted by molar-refractivity contribution is 9.10. The molecule has 2 aromatic carbocycles. The summed E-state index contributed by atoms with van der Waals surface area (Å²) in [6.45, 7) is 2.33. The number of nitrogens with one attached hydrogen (secondary N) is 1. The number of benzene rings is 2. The minimum atomic E-state index is -1.26. The molecule has 0 spiro atoms. The molecule has 0 aromatic heterocycles. The predicted molar refractivity (Wildman–Crippen MR) is 118 cm³/mol. The van der Waals surface area contributed by atoms with E-state index in [1.165, 1.54) is 0 Å². The number of methoxy groups -OCH3 is 1. The van der Waals surface area contributed by atoms with Gasteiger partial charge >= 0.3 is 11.9 Å². The number of morpholine rings is 1. The molecule has 0 saturated carbocycles. The largest absolute Gasteiger partial charge is 0.493 e. The number of hydrogen-bond donors (Lipinski definition) is 3. The Morgan fingerprint density at radius 3 is 2.35 bits per heavy atom. The first kappa shape index (κ1) is 24.4. The van der Waals surface area contributed by atoms with Gasteiger partial charge in [0.05, 0.1) is 13.7 Å². The lowest BCUT2D eigenvalue weighted by atomic mass is 10.0. The number of halogens is 1. The summed E-state index contributed by atoms with van der Waals surface area (Å²) < 4.78 is 18.6. The number of ether oxygens (including phenoxy) is 3. The highest BCUT2D eigenvalue weighted by atomic mass is 79.9. The lowest BCUT2D eigenvalue weighted by Gasteiger charge is -2.32. The number of hydrogen-bond acceptors (Lipinski definition) is 6. The molecule has 166 valence electrons. The SMILES string of the molecule is COc1cc(Br)ccc1O[C@@H](c1ccccc1)[C@@H]1CNCCO1.O=C(O)/C=C/C(=O)O. The molecule has 0 unspecified atom stereocenters. The molecule has 9 heteroatoms. The summed E-state index contributed by atoms with van der Waals surface area (Å²) in [5.41, 5.74) is 1.09. The Kier molecular flexibility index (Phi) is 10.0. The van der Waals surface area contributed by atoms with Gasteiger partial charge in [0, 0.05) is 29.7 Å². The summed E-state index contributed by atoms with van der Waals surface area (Å²) in [5.74, 6) is -1.11. The Hall–Kier alpha value is -2.88. The fourth-order valence-corrected chi connectivity index (χ4v) is 3.14. The third kappa shape index (κ3) is 8.41. The summed E-state index contributed by atoms with van der Waals surface area (Å²) in [4.78, 5) is 19.1. The molecule has 1 aliphatic heterocycles. The van der Waals surface area contributed by atoms with Crippen molar-refractivity contribution in [2.75, 3.05) is 26.8 Å². The van der Waals surface area contributed by atoms with Gasteiger partial charge in [-0.2, -0.15) is 0 Å². The number of rotatable bonds is 7. The Balaban J connectivity index is 0.000000366. The van der Waals surface area contributed by atoms with Gasteiger partial charge in [-0.1, -0.05) is 46.3 Å². The Morgan fingerprint density at radius 2 is 1.81 bits per heavy atom. The van der Waals surface area contributed by atoms with Crippen molar-refractivity contribution in [2.24, 2.45) is 0 Å². The molecule has 1 heterocycles. The molecule has 8 nitrogen and oxygen atoms in total. The minimum Gasteiger partial charge on any atom is -0.493 e. The number of carbonyl (C=O) groups is 2. The van der Waals surface area contributed by atoms with Crippen molar-refractivity contribution in [3.8, 4) is 11.5 Å². The zero-order valence-corrected chi connectivity index (χ0v) is 18.4. The van der Waals surface area contributed by atoms with Crippen LogP contribution in [0.15, 0.2) is 65.2 Å². The maximum atomic E-state index is 9.55. The first-order valence-electron chi connectivity index (χ1n) is 9.42. The van der Waals surface area contributed by atoms with E-state index in [9.17, 15) is 9.59 Å². The Morgan fingerprint density at radius 1 is 1.13 bits per heavy atom. The molecule has 1 aliphatic rings. The average molecular weight is 494 g/mol. The van der Waals surface area contributed by atoms with Crippen LogP contribution in [0.1, 0.15) is 11.7 Å². The second-order valence-electron chi connectivity index (χ2n) is 6.37. The molecule has 0 aliphatic carbocycles. The molecule has 3 N–H and O–H groups in total. The van der Waals surface area contributed by atoms with Crippen LogP contribution in [0.3, 0.4) is 0 Å². The fraction of sp³-hybridized carbons (Fsp3) is 0.273. The average Bonchev–Trinajstić information content (AvgIpc) is 2.78. The number of aliphatic carboxylic acids is 2. The number of carboxylic acids is 2. The summed E-state index contributed by atoms with van der Waals surface area (Å²) in [7, 11) is 1.64. The molecular formula is C22H24BrNO7. The molecule has 2 aromatic rings. The Labute approximate surface area is 188 Å². The van der Waals surface area contributed by atoms with Crippen molar-refractivity contribution in [1.82, 2.24) is 5.32 Å². The van der Waals surface area contributed by atoms with E-state index in [1.54, 1.807) is 7.11 Å². The van der Waals surface area contributed by atoms with Gasteiger partial charge in [0.15, 0.2) is 17.6 Å². The topological polar surface area (TPSA) is 114 Å². The first-order chi connectivity index (χ1) is 14.9. The summed E-state index contributed by atoms with van der Waals surface area (Å²) in [5, 5.41) is 19.0. The van der Waals surface area contributed by atoms with Gasteiger partial charge in [-0.25, -0.2) is 9.59 Å². The van der Waals surface area contributed by atoms with Crippen LogP contribution in [-0.2, 0) is 14.3 Å². The van der Waals surface area contributed by atoms with Crippen molar-refractivity contribution >= 4 is 27.9 Å². The van der Waals surface area contributed by atoms with Crippen LogP contribution in [0.2, 0.25) is 0 Å². The molecule has 0 amide bonds. The highest BCUT2D eigenvalue weighted by Crippen LogP contribution is 2.35. The maximum Gasteiger partial charge on any atom is 0.328 e. The van der Waals surface area contributed by atoms with E-state index >= 15 is 0 Å². The Bertz CT molecular complexity index is 867. The van der Waals surface area contributed by atoms with Gasteiger partial charge in [0.25, 0.3) is 0 Å². The quantitative estimate of drug-likeness (QED) is 0.503. The fourth-order valence-electron chi connectivity index (χ4n) is 2.80. The van der Waals surface area contributed by atoms with E-state index in [1.807, 2.05) is 36.4 Å². The minimum absolute atomic E-state index is 0.0421. The van der Waals surface area contributed by atoms with Crippen molar-refractivity contribution in [3.63, 3.8) is 0 Å². The predicted octanol–water partition coefficient (Wildman–Crippen LogP) is 3.28. The molecule has 2 atom stereocenters. The molecule has 1 fully saturated rings. The van der Waals surface area contributed by atoms with Crippen LogP contribution in [-0.4, -0.2) is 55.1 Å². The zero-order chi connectivity index (χ0) is 22.6. The van der Waals surface area contributed by atoms with Gasteiger partial charge in [-0.15, -0.1) is 0 Å². The van der Waals surface area contributed by atoms with E-state index in [-0.39, 0.29) is 12.2 Å². The normalized spacial score (nSPS) is 16.6. The lowest BCUT2D eigenvalue weighted by molar-refractivity contribution is -0.134. The van der Waals surface area contributed by atoms with E-state index in [0.717, 1.165) is 23.1 Å². The van der Waals surface area contributed by atoms with E-state index < -0.39 is 11.9 Å². The number of carboxylic acid groups (broad SMARTS) is 2. The van der Waals surface area contributed by atoms with Gasteiger partial charge < -0.3 is 29.7 Å². The third-order valence-corrected chi connectivity index (χ3v) is 4.66. The molecular weight excluding hydrogens is 470 g/mol. The van der Waals surface area contributed by atoms with Crippen molar-refractivity contribution in [2.45, 2.75) is 12.2 Å². The second kappa shape index (κ2) is 12.7. The maximum absolute atomic E-state index is 9.55. The van der Waals surface area contributed by atoms with Crippen molar-refractivity contribution in [3.05, 3.63) is 70.7 Å². The van der Waals surface area contributed by atoms with Crippen LogP contribution >= 0.6 is 15.9 Å². The van der Waals surface area contributed by atoms with Crippen molar-refractivity contribution in [1.29, 1.82) is 0 Å². The van der Waals surface area contributed by atoms with Crippen LogP contribution in [0.4, 0.5) is 0 Å². The molecule has 31 heavy (non-hydrogen) atoms. The van der Waals surface area contributed by atoms with E-state index in [2.05, 4.69) is 33.4 Å². The summed E-state index contributed by atoms with van der Waals surface area (Å²) in [6.07, 6.45) is 0.878. The molecule has 0 radical (unpaired) electrons. The van der Waals surface area contributed by atoms with Crippen LogP contribution < -0.4 is 14.8 Å². The van der Waals surface area contributed by atoms with Gasteiger partial charge in [-0.05, 0) is 23.8 Å². The molecule has 0 bridgehead atoms. The monoisotopic (exact) mass is 493 g/mol. The van der Waals surface area contributed by atoms with E-state index in [4.69, 9.17) is 24.4 Å². The lowest BCUT2D eigenvalue weighted by Crippen LogP contribution is -2.43. The summed E-state index contributed by atoms with van der Waals surface area (Å²) in [6, 6.07) is 15.9. The van der Waals surface area contributed by atoms with Gasteiger partial charge in [0.1, 0.15) is 6.10 Å². The summed E-state index contributed by atoms with van der Waals surface area (Å²) >= 11 is 3.45. The highest BCUT2D eigenvalue weighted by Gasteiger charge is 2.28. The van der Waals surface area contributed by atoms with Crippen LogP contribution in [0.5, 0.6) is 11.5 Å². The van der Waals surface area contributed by atoms with E-state index in [0.29, 0.717) is 30.3 Å². The molecule has 1 saturated heterocycles. The van der Waals surface area contributed by atoms with Crippen molar-refractivity contribution < 1.29 is 34.0 Å². The molecule has 3 rings (SSSR count). The van der Waals surface area contributed by atoms with Crippen LogP contribution in [0.25, 0.3) is 0 Å². The second-order valence-corrected chi connectivity index (χ2v) is 7.28. The third-order valence-electron chi connectivity index (χ3n) is 4.17. The zero-order valence-electron chi connectivity index (χ0n) is 16.9. The van der Waals surface area contributed by atoms with Gasteiger partial charge in [0.2, 0.25) is 0 Å². The standard InChI is InChI=1S/C18H20BrNO3.C4H4O4/c1-21-16-11-14(19)7-8-15(16)23-18(13-5-3-2-4-6-13)17-12-20-9-10-22-17;5-3(6)1-2-4(7)8/h2-8,11,17-18,20H,9-10,12H2,1H3;1-2H,(H,5,6)(H,7,8)/b;2-1+/t17-,18-;/m0./s1. The first-order valence-corrected chi connectivity index (χ1v) is 10.2.